The molecular formula is C15H12N6O2. The smallest absolute Gasteiger partial charge is 0.261 e. The van der Waals surface area contributed by atoms with Gasteiger partial charge in [-0.3, -0.25) is 14.2 Å². The van der Waals surface area contributed by atoms with Gasteiger partial charge in [0, 0.05) is 13.0 Å². The fourth-order valence-electron chi connectivity index (χ4n) is 2.16. The molecule has 1 amide bonds. The van der Waals surface area contributed by atoms with Gasteiger partial charge >= 0.3 is 0 Å². The first-order valence-corrected chi connectivity index (χ1v) is 6.86. The molecule has 0 aliphatic heterocycles. The zero-order valence-electron chi connectivity index (χ0n) is 12.0. The molecular weight excluding hydrogens is 296 g/mol. The summed E-state index contributed by atoms with van der Waals surface area (Å²) in [6.07, 6.45) is 2.82. The van der Waals surface area contributed by atoms with E-state index in [1.165, 1.54) is 17.2 Å². The lowest BCUT2D eigenvalue weighted by atomic mass is 10.2. The zero-order chi connectivity index (χ0) is 16.2. The van der Waals surface area contributed by atoms with Crippen molar-refractivity contribution in [3.8, 4) is 6.07 Å². The van der Waals surface area contributed by atoms with Crippen molar-refractivity contribution in [3.63, 3.8) is 0 Å². The van der Waals surface area contributed by atoms with Gasteiger partial charge in [0.25, 0.3) is 5.56 Å². The average Bonchev–Trinajstić information content (AvgIpc) is 3.01. The normalized spacial score (nSPS) is 10.4. The Hall–Kier alpha value is -3.47. The number of aromatic nitrogens is 4. The van der Waals surface area contributed by atoms with Crippen molar-refractivity contribution in [2.75, 3.05) is 5.32 Å². The van der Waals surface area contributed by atoms with Crippen LogP contribution in [0.4, 0.5) is 5.82 Å². The monoisotopic (exact) mass is 308 g/mol. The maximum Gasteiger partial charge on any atom is 0.261 e. The number of benzene rings is 1. The van der Waals surface area contributed by atoms with E-state index < -0.39 is 0 Å². The predicted molar refractivity (Wildman–Crippen MR) is 82.6 cm³/mol. The van der Waals surface area contributed by atoms with Crippen LogP contribution in [-0.4, -0.2) is 25.4 Å². The minimum atomic E-state index is -0.339. The summed E-state index contributed by atoms with van der Waals surface area (Å²) >= 11 is 0. The van der Waals surface area contributed by atoms with Gasteiger partial charge in [0.2, 0.25) is 5.91 Å². The van der Waals surface area contributed by atoms with Gasteiger partial charge in [-0.25, -0.2) is 9.97 Å². The molecule has 0 radical (unpaired) electrons. The number of imidazole rings is 1. The Kier molecular flexibility index (Phi) is 3.84. The molecule has 114 valence electrons. The molecule has 1 aromatic carbocycles. The van der Waals surface area contributed by atoms with Crippen LogP contribution in [0.5, 0.6) is 0 Å². The molecule has 0 unspecified atom stereocenters. The van der Waals surface area contributed by atoms with E-state index in [9.17, 15) is 9.59 Å². The molecule has 0 bridgehead atoms. The van der Waals surface area contributed by atoms with Crippen LogP contribution in [0, 0.1) is 11.3 Å². The molecule has 3 rings (SSSR count). The van der Waals surface area contributed by atoms with Gasteiger partial charge in [0.1, 0.15) is 6.07 Å². The van der Waals surface area contributed by atoms with Crippen LogP contribution in [0.15, 0.2) is 41.7 Å². The van der Waals surface area contributed by atoms with Crippen molar-refractivity contribution in [1.82, 2.24) is 19.5 Å². The summed E-state index contributed by atoms with van der Waals surface area (Å²) < 4.78 is 1.39. The van der Waals surface area contributed by atoms with E-state index in [0.29, 0.717) is 10.9 Å². The second kappa shape index (κ2) is 6.11. The topological polar surface area (TPSA) is 116 Å². The lowest BCUT2D eigenvalue weighted by Crippen LogP contribution is -2.23. The van der Waals surface area contributed by atoms with Gasteiger partial charge in [-0.2, -0.15) is 5.26 Å². The summed E-state index contributed by atoms with van der Waals surface area (Å²) in [6, 6.07) is 8.92. The number of hydrogen-bond donors (Lipinski definition) is 2. The molecule has 8 heteroatoms. The molecule has 0 saturated carbocycles. The summed E-state index contributed by atoms with van der Waals surface area (Å²) in [7, 11) is 0. The number of aromatic amines is 1. The third-order valence-corrected chi connectivity index (χ3v) is 3.32. The highest BCUT2D eigenvalue weighted by Gasteiger charge is 2.10. The minimum absolute atomic E-state index is 0.0671. The number of anilines is 1. The van der Waals surface area contributed by atoms with Crippen molar-refractivity contribution in [2.45, 2.75) is 13.0 Å². The number of rotatable bonds is 4. The van der Waals surface area contributed by atoms with E-state index in [0.717, 1.165) is 0 Å². The minimum Gasteiger partial charge on any atom is -0.335 e. The zero-order valence-corrected chi connectivity index (χ0v) is 12.0. The van der Waals surface area contributed by atoms with Crippen molar-refractivity contribution >= 4 is 22.6 Å². The van der Waals surface area contributed by atoms with Gasteiger partial charge in [0.15, 0.2) is 11.5 Å². The largest absolute Gasteiger partial charge is 0.335 e. The van der Waals surface area contributed by atoms with Crippen LogP contribution in [-0.2, 0) is 11.3 Å². The van der Waals surface area contributed by atoms with Crippen molar-refractivity contribution in [1.29, 1.82) is 5.26 Å². The fraction of sp³-hybridized carbons (Fsp3) is 0.133. The van der Waals surface area contributed by atoms with Gasteiger partial charge in [0.05, 0.1) is 23.6 Å². The second-order valence-electron chi connectivity index (χ2n) is 4.80. The maximum atomic E-state index is 12.3. The molecule has 0 atom stereocenters. The van der Waals surface area contributed by atoms with Gasteiger partial charge in [-0.1, -0.05) is 12.1 Å². The fourth-order valence-corrected chi connectivity index (χ4v) is 2.16. The van der Waals surface area contributed by atoms with E-state index in [2.05, 4.69) is 20.3 Å². The summed E-state index contributed by atoms with van der Waals surface area (Å²) in [6.45, 7) is 0.189. The highest BCUT2D eigenvalue weighted by molar-refractivity contribution is 5.90. The molecule has 0 fully saturated rings. The van der Waals surface area contributed by atoms with Crippen LogP contribution in [0.3, 0.4) is 0 Å². The van der Waals surface area contributed by atoms with Crippen molar-refractivity contribution in [2.24, 2.45) is 0 Å². The second-order valence-corrected chi connectivity index (χ2v) is 4.80. The number of fused-ring (bicyclic) bond motifs is 1. The van der Waals surface area contributed by atoms with Crippen LogP contribution in [0.1, 0.15) is 12.1 Å². The Morgan fingerprint density at radius 2 is 2.17 bits per heavy atom. The molecule has 2 N–H and O–H groups in total. The highest BCUT2D eigenvalue weighted by Crippen LogP contribution is 2.08. The Bertz CT molecular complexity index is 966. The molecule has 2 aromatic heterocycles. The Morgan fingerprint density at radius 1 is 1.35 bits per heavy atom. The average molecular weight is 308 g/mol. The Labute approximate surface area is 130 Å². The Balaban J connectivity index is 1.71. The van der Waals surface area contributed by atoms with Gasteiger partial charge < -0.3 is 10.3 Å². The van der Waals surface area contributed by atoms with E-state index in [-0.39, 0.29) is 35.9 Å². The van der Waals surface area contributed by atoms with Crippen LogP contribution >= 0.6 is 0 Å². The number of aryl methyl sites for hydroxylation is 1. The van der Waals surface area contributed by atoms with Crippen molar-refractivity contribution in [3.05, 3.63) is 53.0 Å². The quantitative estimate of drug-likeness (QED) is 0.746. The van der Waals surface area contributed by atoms with Crippen LogP contribution in [0.2, 0.25) is 0 Å². The molecule has 0 saturated heterocycles. The van der Waals surface area contributed by atoms with E-state index >= 15 is 0 Å². The lowest BCUT2D eigenvalue weighted by Gasteiger charge is -2.06. The molecule has 23 heavy (non-hydrogen) atoms. The van der Waals surface area contributed by atoms with Crippen LogP contribution < -0.4 is 10.9 Å². The first-order chi connectivity index (χ1) is 11.2. The molecule has 0 aliphatic carbocycles. The molecule has 0 spiro atoms. The number of hydrogen-bond acceptors (Lipinski definition) is 5. The maximum absolute atomic E-state index is 12.3. The molecule has 8 nitrogen and oxygen atoms in total. The number of nitrogens with zero attached hydrogens (tertiary/aromatic N) is 4. The number of amides is 1. The number of nitrogens with one attached hydrogen (secondary N) is 2. The van der Waals surface area contributed by atoms with Crippen LogP contribution in [0.25, 0.3) is 10.9 Å². The van der Waals surface area contributed by atoms with E-state index in [1.807, 2.05) is 12.1 Å². The first kappa shape index (κ1) is 14.5. The number of carbonyl (C=O) groups is 1. The number of nitriles is 1. The predicted octanol–water partition coefficient (Wildman–Crippen LogP) is 1.02. The van der Waals surface area contributed by atoms with Gasteiger partial charge in [-0.15, -0.1) is 0 Å². The lowest BCUT2D eigenvalue weighted by molar-refractivity contribution is -0.116. The number of H-pyrrole nitrogens is 1. The third-order valence-electron chi connectivity index (χ3n) is 3.32. The molecule has 2 heterocycles. The third kappa shape index (κ3) is 2.94. The standard InChI is InChI=1S/C15H12N6O2/c16-7-12-14(18-8-17-12)20-13(22)5-6-21-9-19-11-4-2-1-3-10(11)15(21)23/h1-4,8-9H,5-6H2,(H,17,18)(H,20,22). The number of para-hydroxylation sites is 1. The van der Waals surface area contributed by atoms with E-state index in [4.69, 9.17) is 5.26 Å². The molecule has 0 aliphatic rings. The van der Waals surface area contributed by atoms with Crippen molar-refractivity contribution < 1.29 is 4.79 Å². The first-order valence-electron chi connectivity index (χ1n) is 6.86. The summed E-state index contributed by atoms with van der Waals surface area (Å²) in [4.78, 5) is 34.9. The molecule has 3 aromatic rings. The summed E-state index contributed by atoms with van der Waals surface area (Å²) in [5.41, 5.74) is 0.608. The summed E-state index contributed by atoms with van der Waals surface area (Å²) in [5, 5.41) is 11.9. The Morgan fingerprint density at radius 3 is 3.00 bits per heavy atom. The number of carbonyl (C=O) groups excluding carboxylic acids is 1. The summed E-state index contributed by atoms with van der Waals surface area (Å²) in [5.74, 6) is -0.157. The SMILES string of the molecule is N#Cc1[nH]cnc1NC(=O)CCn1cnc2ccccc2c1=O. The van der Waals surface area contributed by atoms with Gasteiger partial charge in [-0.05, 0) is 12.1 Å². The highest BCUT2D eigenvalue weighted by atomic mass is 16.2. The van der Waals surface area contributed by atoms with E-state index in [1.54, 1.807) is 18.2 Å².